The van der Waals surface area contributed by atoms with E-state index in [-0.39, 0.29) is 11.7 Å². The fourth-order valence-electron chi connectivity index (χ4n) is 3.55. The summed E-state index contributed by atoms with van der Waals surface area (Å²) >= 11 is 0. The quantitative estimate of drug-likeness (QED) is 0.373. The SMILES string of the molecule is O=C(c1ccccc1-c1cccc(F)c1)N(Cc1ccccc1)Cc1ccccc1. The van der Waals surface area contributed by atoms with Crippen molar-refractivity contribution in [3.63, 3.8) is 0 Å². The van der Waals surface area contributed by atoms with Crippen molar-refractivity contribution >= 4 is 5.91 Å². The highest BCUT2D eigenvalue weighted by atomic mass is 19.1. The molecule has 0 spiro atoms. The monoisotopic (exact) mass is 395 g/mol. The lowest BCUT2D eigenvalue weighted by molar-refractivity contribution is 0.0731. The smallest absolute Gasteiger partial charge is 0.255 e. The third kappa shape index (κ3) is 4.64. The molecule has 148 valence electrons. The molecule has 1 amide bonds. The maximum atomic E-state index is 13.8. The van der Waals surface area contributed by atoms with Crippen LogP contribution in [0.15, 0.2) is 109 Å². The van der Waals surface area contributed by atoms with Crippen molar-refractivity contribution in [3.05, 3.63) is 132 Å². The Kier molecular flexibility index (Phi) is 6.00. The van der Waals surface area contributed by atoms with Crippen LogP contribution in [-0.2, 0) is 13.1 Å². The second-order valence-electron chi connectivity index (χ2n) is 7.19. The van der Waals surface area contributed by atoms with Gasteiger partial charge in [0.1, 0.15) is 5.82 Å². The lowest BCUT2D eigenvalue weighted by Gasteiger charge is -2.24. The van der Waals surface area contributed by atoms with Crippen LogP contribution in [0.4, 0.5) is 4.39 Å². The molecule has 0 unspecified atom stereocenters. The van der Waals surface area contributed by atoms with Crippen molar-refractivity contribution in [1.29, 1.82) is 0 Å². The molecule has 0 aromatic heterocycles. The van der Waals surface area contributed by atoms with E-state index in [9.17, 15) is 9.18 Å². The van der Waals surface area contributed by atoms with Crippen LogP contribution < -0.4 is 0 Å². The summed E-state index contributed by atoms with van der Waals surface area (Å²) in [5, 5.41) is 0. The van der Waals surface area contributed by atoms with Crippen molar-refractivity contribution in [3.8, 4) is 11.1 Å². The van der Waals surface area contributed by atoms with Crippen molar-refractivity contribution < 1.29 is 9.18 Å². The van der Waals surface area contributed by atoms with Crippen LogP contribution >= 0.6 is 0 Å². The minimum Gasteiger partial charge on any atom is -0.330 e. The van der Waals surface area contributed by atoms with E-state index in [1.165, 1.54) is 12.1 Å². The first-order valence-corrected chi connectivity index (χ1v) is 9.93. The van der Waals surface area contributed by atoms with Gasteiger partial charge in [-0.25, -0.2) is 4.39 Å². The summed E-state index contributed by atoms with van der Waals surface area (Å²) in [6, 6.07) is 33.7. The Morgan fingerprint density at radius 2 is 1.23 bits per heavy atom. The maximum Gasteiger partial charge on any atom is 0.255 e. The predicted octanol–water partition coefficient (Wildman–Crippen LogP) is 6.34. The summed E-state index contributed by atoms with van der Waals surface area (Å²) in [7, 11) is 0. The highest BCUT2D eigenvalue weighted by molar-refractivity contribution is 6.00. The lowest BCUT2D eigenvalue weighted by Crippen LogP contribution is -2.30. The van der Waals surface area contributed by atoms with E-state index in [0.717, 1.165) is 16.7 Å². The number of hydrogen-bond donors (Lipinski definition) is 0. The van der Waals surface area contributed by atoms with Crippen molar-refractivity contribution in [2.75, 3.05) is 0 Å². The Morgan fingerprint density at radius 1 is 0.667 bits per heavy atom. The van der Waals surface area contributed by atoms with E-state index < -0.39 is 0 Å². The fraction of sp³-hybridized carbons (Fsp3) is 0.0741. The molecule has 0 aliphatic carbocycles. The van der Waals surface area contributed by atoms with Crippen LogP contribution in [-0.4, -0.2) is 10.8 Å². The number of rotatable bonds is 6. The molecular weight excluding hydrogens is 373 g/mol. The van der Waals surface area contributed by atoms with Crippen LogP contribution in [0.3, 0.4) is 0 Å². The van der Waals surface area contributed by atoms with Crippen molar-refractivity contribution in [2.45, 2.75) is 13.1 Å². The standard InChI is InChI=1S/C27H22FNO/c28-24-15-9-14-23(18-24)25-16-7-8-17-26(25)27(30)29(19-21-10-3-1-4-11-21)20-22-12-5-2-6-13-22/h1-18H,19-20H2. The second kappa shape index (κ2) is 9.19. The lowest BCUT2D eigenvalue weighted by atomic mass is 9.98. The number of halogens is 1. The highest BCUT2D eigenvalue weighted by Gasteiger charge is 2.20. The van der Waals surface area contributed by atoms with Gasteiger partial charge in [0, 0.05) is 18.7 Å². The highest BCUT2D eigenvalue weighted by Crippen LogP contribution is 2.26. The van der Waals surface area contributed by atoms with Crippen molar-refractivity contribution in [1.82, 2.24) is 4.90 Å². The first-order valence-electron chi connectivity index (χ1n) is 9.93. The molecule has 4 rings (SSSR count). The predicted molar refractivity (Wildman–Crippen MR) is 118 cm³/mol. The molecule has 2 nitrogen and oxygen atoms in total. The molecule has 0 N–H and O–H groups in total. The molecule has 0 saturated heterocycles. The molecule has 0 saturated carbocycles. The molecule has 0 fully saturated rings. The Bertz CT molecular complexity index is 1080. The average molecular weight is 395 g/mol. The molecule has 0 heterocycles. The number of nitrogens with zero attached hydrogens (tertiary/aromatic N) is 1. The third-order valence-corrected chi connectivity index (χ3v) is 5.01. The largest absolute Gasteiger partial charge is 0.330 e. The van der Waals surface area contributed by atoms with Gasteiger partial charge in [0.05, 0.1) is 0 Å². The van der Waals surface area contributed by atoms with Gasteiger partial charge in [-0.15, -0.1) is 0 Å². The van der Waals surface area contributed by atoms with Gasteiger partial charge in [-0.05, 0) is 40.5 Å². The summed E-state index contributed by atoms with van der Waals surface area (Å²) < 4.78 is 13.8. The molecule has 0 atom stereocenters. The average Bonchev–Trinajstić information content (AvgIpc) is 2.79. The van der Waals surface area contributed by atoms with Crippen LogP contribution in [0.2, 0.25) is 0 Å². The van der Waals surface area contributed by atoms with Gasteiger partial charge >= 0.3 is 0 Å². The molecule has 4 aromatic rings. The number of carbonyl (C=O) groups excluding carboxylic acids is 1. The second-order valence-corrected chi connectivity index (χ2v) is 7.19. The molecule has 3 heteroatoms. The normalized spacial score (nSPS) is 10.6. The third-order valence-electron chi connectivity index (χ3n) is 5.01. The van der Waals surface area contributed by atoms with E-state index in [1.54, 1.807) is 6.07 Å². The summed E-state index contributed by atoms with van der Waals surface area (Å²) in [5.41, 5.74) is 4.11. The summed E-state index contributed by atoms with van der Waals surface area (Å²) in [6.45, 7) is 0.984. The minimum absolute atomic E-state index is 0.0810. The van der Waals surface area contributed by atoms with E-state index in [0.29, 0.717) is 24.2 Å². The van der Waals surface area contributed by atoms with E-state index in [2.05, 4.69) is 0 Å². The Hall–Kier alpha value is -3.72. The topological polar surface area (TPSA) is 20.3 Å². The number of hydrogen-bond acceptors (Lipinski definition) is 1. The van der Waals surface area contributed by atoms with E-state index in [1.807, 2.05) is 95.9 Å². The van der Waals surface area contributed by atoms with Crippen LogP contribution in [0.1, 0.15) is 21.5 Å². The molecule has 0 aliphatic heterocycles. The van der Waals surface area contributed by atoms with E-state index >= 15 is 0 Å². The zero-order chi connectivity index (χ0) is 20.8. The summed E-state index contributed by atoms with van der Waals surface area (Å²) in [6.07, 6.45) is 0. The van der Waals surface area contributed by atoms with Gasteiger partial charge in [0.2, 0.25) is 0 Å². The van der Waals surface area contributed by atoms with Gasteiger partial charge in [-0.3, -0.25) is 4.79 Å². The van der Waals surface area contributed by atoms with Crippen LogP contribution in [0, 0.1) is 5.82 Å². The first-order chi connectivity index (χ1) is 14.7. The van der Waals surface area contributed by atoms with Crippen LogP contribution in [0.5, 0.6) is 0 Å². The molecule has 4 aromatic carbocycles. The van der Waals surface area contributed by atoms with Crippen molar-refractivity contribution in [2.24, 2.45) is 0 Å². The van der Waals surface area contributed by atoms with Crippen LogP contribution in [0.25, 0.3) is 11.1 Å². The van der Waals surface area contributed by atoms with Gasteiger partial charge in [0.15, 0.2) is 0 Å². The zero-order valence-corrected chi connectivity index (χ0v) is 16.5. The first kappa shape index (κ1) is 19.6. The Morgan fingerprint density at radius 3 is 1.83 bits per heavy atom. The fourth-order valence-corrected chi connectivity index (χ4v) is 3.55. The summed E-state index contributed by atoms with van der Waals surface area (Å²) in [5.74, 6) is -0.400. The number of benzene rings is 4. The molecule has 30 heavy (non-hydrogen) atoms. The molecule has 0 radical (unpaired) electrons. The minimum atomic E-state index is -0.319. The summed E-state index contributed by atoms with van der Waals surface area (Å²) in [4.78, 5) is 15.5. The number of carbonyl (C=O) groups is 1. The van der Waals surface area contributed by atoms with Gasteiger partial charge < -0.3 is 4.90 Å². The molecule has 0 bridgehead atoms. The van der Waals surface area contributed by atoms with E-state index in [4.69, 9.17) is 0 Å². The molecular formula is C27H22FNO. The Labute approximate surface area is 176 Å². The zero-order valence-electron chi connectivity index (χ0n) is 16.5. The van der Waals surface area contributed by atoms with Gasteiger partial charge in [-0.2, -0.15) is 0 Å². The molecule has 0 aliphatic rings. The maximum absolute atomic E-state index is 13.8. The van der Waals surface area contributed by atoms with Gasteiger partial charge in [0.25, 0.3) is 5.91 Å². The Balaban J connectivity index is 1.71. The number of amides is 1. The van der Waals surface area contributed by atoms with Gasteiger partial charge in [-0.1, -0.05) is 91.0 Å².